The van der Waals surface area contributed by atoms with E-state index in [2.05, 4.69) is 62.6 Å². The lowest BCUT2D eigenvalue weighted by Gasteiger charge is -2.24. The second-order valence-electron chi connectivity index (χ2n) is 30.3. The Kier molecular flexibility index (Phi) is 38.9. The highest BCUT2D eigenvalue weighted by Gasteiger charge is 2.34. The van der Waals surface area contributed by atoms with Crippen molar-refractivity contribution in [1.82, 2.24) is 60.0 Å². The molecule has 0 saturated carbocycles. The maximum absolute atomic E-state index is 13.7. The number of hydrogen-bond acceptors (Lipinski definition) is 21. The van der Waals surface area contributed by atoms with Crippen molar-refractivity contribution in [3.05, 3.63) is 198 Å². The lowest BCUT2D eigenvalue weighted by Crippen LogP contribution is -2.49. The molecule has 30 heteroatoms. The van der Waals surface area contributed by atoms with E-state index >= 15 is 0 Å². The molecule has 0 aliphatic heterocycles. The number of rotatable bonds is 42. The van der Waals surface area contributed by atoms with Crippen LogP contribution in [0.4, 0.5) is 0 Å². The number of aryl methyl sites for hydroxylation is 3. The lowest BCUT2D eigenvalue weighted by molar-refractivity contribution is -0.146. The molecule has 124 heavy (non-hydrogen) atoms. The van der Waals surface area contributed by atoms with Gasteiger partial charge in [0.05, 0.1) is 104 Å². The van der Waals surface area contributed by atoms with E-state index in [9.17, 15) is 43.2 Å². The summed E-state index contributed by atoms with van der Waals surface area (Å²) in [6.07, 6.45) is 5.47. The Bertz CT molecular complexity index is 4900. The van der Waals surface area contributed by atoms with E-state index in [0.29, 0.717) is 126 Å². The third-order valence-electron chi connectivity index (χ3n) is 21.6. The fourth-order valence-corrected chi connectivity index (χ4v) is 13.7. The molecule has 0 aliphatic carbocycles. The summed E-state index contributed by atoms with van der Waals surface area (Å²) in [4.78, 5) is 120. The molecule has 3 heterocycles. The highest BCUT2D eigenvalue weighted by molar-refractivity contribution is 6.00. The molecular formula is C94H122N12O18. The number of carbonyl (C=O) groups is 9. The number of nitrogens with one attached hydrogen (secondary N) is 3. The lowest BCUT2D eigenvalue weighted by atomic mass is 10.0. The summed E-state index contributed by atoms with van der Waals surface area (Å²) in [7, 11) is 17.8. The maximum Gasteiger partial charge on any atom is 0.325 e. The molecule has 9 aromatic rings. The van der Waals surface area contributed by atoms with Gasteiger partial charge in [-0.3, -0.25) is 57.2 Å². The zero-order chi connectivity index (χ0) is 90.7. The molecular weight excluding hydrogens is 1590 g/mol. The molecule has 6 amide bonds. The van der Waals surface area contributed by atoms with Crippen LogP contribution in [-0.2, 0) is 75.3 Å². The zero-order valence-corrected chi connectivity index (χ0v) is 74.9. The Morgan fingerprint density at radius 2 is 0.645 bits per heavy atom. The summed E-state index contributed by atoms with van der Waals surface area (Å²) >= 11 is 0. The molecule has 5 atom stereocenters. The van der Waals surface area contributed by atoms with Crippen LogP contribution in [0, 0.1) is 17.8 Å². The number of esters is 3. The van der Waals surface area contributed by atoms with Gasteiger partial charge in [-0.25, -0.2) is 0 Å². The topological polar surface area (TPSA) is 336 Å². The molecule has 30 nitrogen and oxygen atoms in total. The number of likely N-dealkylation sites (N-methyl/N-ethyl adjacent to an activating group) is 3. The summed E-state index contributed by atoms with van der Waals surface area (Å²) in [5, 5.41) is 22.7. The van der Waals surface area contributed by atoms with Gasteiger partial charge in [-0.15, -0.1) is 0 Å². The van der Waals surface area contributed by atoms with Crippen LogP contribution in [0.25, 0.3) is 33.8 Å². The van der Waals surface area contributed by atoms with Crippen molar-refractivity contribution in [2.75, 3.05) is 105 Å². The van der Waals surface area contributed by atoms with Gasteiger partial charge in [-0.05, 0) is 134 Å². The molecule has 0 radical (unpaired) electrons. The molecule has 3 N–H and O–H groups in total. The second kappa shape index (κ2) is 49.2. The van der Waals surface area contributed by atoms with Crippen LogP contribution in [0.3, 0.4) is 0 Å². The number of aromatic nitrogens is 6. The van der Waals surface area contributed by atoms with Crippen molar-refractivity contribution in [2.45, 2.75) is 144 Å². The first-order valence-corrected chi connectivity index (χ1v) is 41.5. The van der Waals surface area contributed by atoms with Gasteiger partial charge in [0, 0.05) is 34.2 Å². The molecule has 9 rings (SSSR count). The van der Waals surface area contributed by atoms with Gasteiger partial charge >= 0.3 is 17.9 Å². The van der Waals surface area contributed by atoms with E-state index in [1.165, 1.54) is 57.2 Å². The number of carbonyl (C=O) groups excluding carboxylic acids is 9. The van der Waals surface area contributed by atoms with Crippen molar-refractivity contribution in [2.24, 2.45) is 17.8 Å². The smallest absolute Gasteiger partial charge is 0.325 e. The Balaban J connectivity index is 0.000000256. The van der Waals surface area contributed by atoms with E-state index in [0.717, 1.165) is 36.0 Å². The summed E-state index contributed by atoms with van der Waals surface area (Å²) in [6.45, 7) is 15.1. The van der Waals surface area contributed by atoms with E-state index in [-0.39, 0.29) is 54.6 Å². The van der Waals surface area contributed by atoms with E-state index in [1.807, 2.05) is 157 Å². The molecule has 3 aromatic heterocycles. The third kappa shape index (κ3) is 27.2. The van der Waals surface area contributed by atoms with Crippen molar-refractivity contribution in [1.29, 1.82) is 0 Å². The van der Waals surface area contributed by atoms with E-state index in [4.69, 9.17) is 52.8 Å². The molecule has 2 unspecified atom stereocenters. The molecule has 0 spiro atoms. The first-order chi connectivity index (χ1) is 59.6. The van der Waals surface area contributed by atoms with Gasteiger partial charge in [0.25, 0.3) is 17.7 Å². The normalized spacial score (nSPS) is 12.1. The van der Waals surface area contributed by atoms with Gasteiger partial charge in [0.2, 0.25) is 17.7 Å². The predicted molar refractivity (Wildman–Crippen MR) is 472 cm³/mol. The first-order valence-electron chi connectivity index (χ1n) is 41.5. The Labute approximate surface area is 727 Å². The summed E-state index contributed by atoms with van der Waals surface area (Å²) in [5.41, 5.74) is 7.59. The molecule has 0 fully saturated rings. The summed E-state index contributed by atoms with van der Waals surface area (Å²) in [5.74, 6) is 0.00114. The Hall–Kier alpha value is -13.0. The van der Waals surface area contributed by atoms with Gasteiger partial charge in [-0.2, -0.15) is 15.3 Å². The number of hydrogen-bond donors (Lipinski definition) is 3. The van der Waals surface area contributed by atoms with Crippen molar-refractivity contribution in [3.63, 3.8) is 0 Å². The van der Waals surface area contributed by atoms with Crippen molar-refractivity contribution in [3.8, 4) is 68.3 Å². The first kappa shape index (κ1) is 98.1. The SMILES string of the molecule is CCC(C)Cn1nc(C(=O)N[C@@H](CCc2ccccc2)C(=O)N(C)CC(=O)OC)cc1-c1c(OC)cccc1OC.CCC(CC)Cn1nc(C(=O)N[C@@H](CCc2ccccc2)C(=O)N(C)CC(=O)OC)cc1-c1c(OC)cccc1OC.COC(=O)CN(C)C(=O)[C@H](CCc1ccccc1)NC(=O)c1cc(-c2c(OC)cccc2OC)n(C(C)C(C)C)n1. The van der Waals surface area contributed by atoms with Gasteiger partial charge in [-0.1, -0.05) is 170 Å². The van der Waals surface area contributed by atoms with Crippen LogP contribution in [-0.4, -0.2) is 220 Å². The average Bonchev–Trinajstić information content (AvgIpc) is 1.64. The van der Waals surface area contributed by atoms with Crippen LogP contribution >= 0.6 is 0 Å². The standard InChI is InChI=1S/C32H42N4O6.2C31H40N4O6/c1-7-22(8-2)20-36-26(30-27(40-4)15-12-16-28(30)41-5)19-25(34-36)31(38)33-24(18-17-23-13-10-9-11-14-23)32(39)35(3)21-29(37)42-6;1-20(2)21(3)35-25(29-26(39-5)14-11-15-27(29)40-6)18-24(33-35)30(37)32-23(17-16-22-12-9-8-10-13-22)31(38)34(4)19-28(36)41-7;1-7-21(2)19-35-25(29-26(39-4)14-11-15-27(29)40-5)18-24(33-35)30(37)32-23(17-16-22-12-9-8-10-13-22)31(38)34(3)20-28(36)41-6/h9-16,19,22,24H,7-8,17-18,20-21H2,1-6H3,(H,33,38);8-15,18,20-21,23H,16-17,19H2,1-7H3,(H,32,37);8-15,18,21,23H,7,16-17,19-20H2,1-6H3,(H,32,37)/t24-;2*21?,23-/m000/s1. The summed E-state index contributed by atoms with van der Waals surface area (Å²) in [6, 6.07) is 47.9. The number of amides is 6. The number of nitrogens with zero attached hydrogens (tertiary/aromatic N) is 9. The van der Waals surface area contributed by atoms with Crippen LogP contribution in [0.1, 0.15) is 141 Å². The number of ether oxygens (including phenoxy) is 9. The van der Waals surface area contributed by atoms with E-state index in [1.54, 1.807) is 70.2 Å². The number of methoxy groups -OCH3 is 9. The average molecular weight is 1710 g/mol. The predicted octanol–water partition coefficient (Wildman–Crippen LogP) is 12.5. The highest BCUT2D eigenvalue weighted by Crippen LogP contribution is 2.43. The van der Waals surface area contributed by atoms with Gasteiger partial charge < -0.3 is 73.3 Å². The van der Waals surface area contributed by atoms with Crippen LogP contribution < -0.4 is 44.4 Å². The summed E-state index contributed by atoms with van der Waals surface area (Å²) < 4.78 is 53.4. The van der Waals surface area contributed by atoms with Gasteiger partial charge in [0.15, 0.2) is 17.1 Å². The van der Waals surface area contributed by atoms with Crippen molar-refractivity contribution < 1.29 is 85.8 Å². The van der Waals surface area contributed by atoms with Gasteiger partial charge in [0.1, 0.15) is 72.3 Å². The largest absolute Gasteiger partial charge is 0.496 e. The van der Waals surface area contributed by atoms with Crippen LogP contribution in [0.15, 0.2) is 164 Å². The number of benzene rings is 6. The highest BCUT2D eigenvalue weighted by atomic mass is 16.5. The maximum atomic E-state index is 13.7. The van der Waals surface area contributed by atoms with E-state index < -0.39 is 71.5 Å². The minimum absolute atomic E-state index is 0.0668. The molecule has 0 aliphatic rings. The molecule has 6 aromatic carbocycles. The quantitative estimate of drug-likeness (QED) is 0.0236. The minimum Gasteiger partial charge on any atom is -0.496 e. The van der Waals surface area contributed by atoms with Crippen LogP contribution in [0.5, 0.6) is 34.5 Å². The monoisotopic (exact) mass is 1710 g/mol. The van der Waals surface area contributed by atoms with Crippen LogP contribution in [0.2, 0.25) is 0 Å². The zero-order valence-electron chi connectivity index (χ0n) is 74.9. The third-order valence-corrected chi connectivity index (χ3v) is 21.6. The molecule has 0 saturated heterocycles. The second-order valence-corrected chi connectivity index (χ2v) is 30.3. The fraction of sp³-hybridized carbons (Fsp3) is 0.426. The fourth-order valence-electron chi connectivity index (χ4n) is 13.7. The Morgan fingerprint density at radius 3 is 0.919 bits per heavy atom. The minimum atomic E-state index is -0.894. The van der Waals surface area contributed by atoms with Crippen molar-refractivity contribution >= 4 is 53.4 Å². The molecule has 0 bridgehead atoms. The molecule has 666 valence electrons. The Morgan fingerprint density at radius 1 is 0.363 bits per heavy atom.